The normalized spacial score (nSPS) is 18.8. The van der Waals surface area contributed by atoms with Gasteiger partial charge in [-0.15, -0.1) is 23.1 Å². The Bertz CT molecular complexity index is 948. The summed E-state index contributed by atoms with van der Waals surface area (Å²) in [6.45, 7) is 6.21. The Morgan fingerprint density at radius 2 is 2.15 bits per heavy atom. The van der Waals surface area contributed by atoms with Crippen LogP contribution in [0, 0.1) is 6.92 Å². The Morgan fingerprint density at radius 3 is 2.92 bits per heavy atom. The Morgan fingerprint density at radius 1 is 1.35 bits per heavy atom. The average Bonchev–Trinajstić information content (AvgIpc) is 3.17. The van der Waals surface area contributed by atoms with Crippen LogP contribution >= 0.6 is 23.1 Å². The summed E-state index contributed by atoms with van der Waals surface area (Å²) in [4.78, 5) is 23.9. The van der Waals surface area contributed by atoms with Crippen LogP contribution in [0.4, 0.5) is 5.69 Å². The number of carbonyl (C=O) groups excluding carboxylic acids is 1. The maximum absolute atomic E-state index is 13.0. The molecule has 0 spiro atoms. The molecule has 0 aliphatic carbocycles. The summed E-state index contributed by atoms with van der Waals surface area (Å²) in [7, 11) is 0. The van der Waals surface area contributed by atoms with Crippen LogP contribution in [0.5, 0.6) is 0 Å². The van der Waals surface area contributed by atoms with Crippen LogP contribution in [0.1, 0.15) is 18.3 Å². The van der Waals surface area contributed by atoms with Crippen LogP contribution in [0.15, 0.2) is 40.7 Å². The van der Waals surface area contributed by atoms with E-state index >= 15 is 0 Å². The first kappa shape index (κ1) is 17.6. The van der Waals surface area contributed by atoms with Crippen LogP contribution in [-0.2, 0) is 11.3 Å². The zero-order valence-electron chi connectivity index (χ0n) is 15.2. The topological polar surface area (TPSA) is 40.9 Å². The smallest absolute Gasteiger partial charge is 0.241 e. The molecule has 0 radical (unpaired) electrons. The number of hydrogen-bond donors (Lipinski definition) is 0. The van der Waals surface area contributed by atoms with Crippen molar-refractivity contribution < 1.29 is 4.79 Å². The summed E-state index contributed by atoms with van der Waals surface area (Å²) in [5, 5.41) is 2.05. The van der Waals surface area contributed by atoms with E-state index < -0.39 is 0 Å². The molecule has 1 saturated heterocycles. The minimum absolute atomic E-state index is 0.135. The molecule has 4 rings (SSSR count). The number of amides is 1. The van der Waals surface area contributed by atoms with Gasteiger partial charge in [-0.05, 0) is 32.2 Å². The minimum Gasteiger partial charge on any atom is -0.306 e. The highest BCUT2D eigenvalue weighted by Gasteiger charge is 2.32. The molecule has 1 aliphatic heterocycles. The van der Waals surface area contributed by atoms with E-state index in [4.69, 9.17) is 0 Å². The zero-order valence-corrected chi connectivity index (χ0v) is 16.8. The molecule has 0 N–H and O–H groups in total. The van der Waals surface area contributed by atoms with Crippen molar-refractivity contribution in [2.24, 2.45) is 0 Å². The number of imidazole rings is 1. The third-order valence-corrected chi connectivity index (χ3v) is 6.41. The fourth-order valence-electron chi connectivity index (χ4n) is 3.70. The molecule has 1 unspecified atom stereocenters. The highest BCUT2D eigenvalue weighted by atomic mass is 32.2. The number of benzene rings is 1. The molecule has 136 valence electrons. The highest BCUT2D eigenvalue weighted by molar-refractivity contribution is 7.98. The van der Waals surface area contributed by atoms with Crippen molar-refractivity contribution in [3.8, 4) is 0 Å². The van der Waals surface area contributed by atoms with Crippen LogP contribution in [0.2, 0.25) is 0 Å². The quantitative estimate of drug-likeness (QED) is 0.642. The second kappa shape index (κ2) is 7.06. The lowest BCUT2D eigenvalue weighted by molar-refractivity contribution is -0.122. The number of carbonyl (C=O) groups is 1. The largest absolute Gasteiger partial charge is 0.306 e. The van der Waals surface area contributed by atoms with E-state index in [1.165, 1.54) is 5.69 Å². The van der Waals surface area contributed by atoms with Gasteiger partial charge < -0.3 is 4.90 Å². The third-order valence-electron chi connectivity index (χ3n) is 4.87. The number of rotatable bonds is 4. The second-order valence-electron chi connectivity index (χ2n) is 6.65. The molecule has 5 nitrogen and oxygen atoms in total. The lowest BCUT2D eigenvalue weighted by Crippen LogP contribution is -2.55. The standard InChI is InChI=1S/C19H22N4OS2/c1-13-10-21(11-16-14(2)20-19-22(16)8-9-26-19)12-18(24)23(13)15-6-4-5-7-17(15)25-3/h4-9,13H,10-12H2,1-3H3. The maximum atomic E-state index is 13.0. The van der Waals surface area contributed by atoms with Crippen molar-refractivity contribution in [3.63, 3.8) is 0 Å². The number of nitrogens with zero attached hydrogens (tertiary/aromatic N) is 4. The molecule has 7 heteroatoms. The molecule has 0 saturated carbocycles. The predicted octanol–water partition coefficient (Wildman–Crippen LogP) is 3.66. The Balaban J connectivity index is 1.56. The van der Waals surface area contributed by atoms with Crippen LogP contribution in [0.25, 0.3) is 4.96 Å². The van der Waals surface area contributed by atoms with Gasteiger partial charge in [-0.25, -0.2) is 4.98 Å². The monoisotopic (exact) mass is 386 g/mol. The van der Waals surface area contributed by atoms with Crippen LogP contribution in [-0.4, -0.2) is 45.6 Å². The molecule has 1 aromatic carbocycles. The van der Waals surface area contributed by atoms with Gasteiger partial charge in [0.1, 0.15) is 0 Å². The molecule has 1 amide bonds. The summed E-state index contributed by atoms with van der Waals surface area (Å²) in [5.74, 6) is 0.161. The first-order valence-corrected chi connectivity index (χ1v) is 10.8. The molecular formula is C19H22N4OS2. The molecule has 26 heavy (non-hydrogen) atoms. The molecule has 2 aromatic heterocycles. The highest BCUT2D eigenvalue weighted by Crippen LogP contribution is 2.31. The number of hydrogen-bond acceptors (Lipinski definition) is 5. The number of anilines is 1. The molecular weight excluding hydrogens is 364 g/mol. The summed E-state index contributed by atoms with van der Waals surface area (Å²) >= 11 is 3.33. The van der Waals surface area contributed by atoms with E-state index in [-0.39, 0.29) is 11.9 Å². The molecule has 1 aliphatic rings. The van der Waals surface area contributed by atoms with E-state index in [9.17, 15) is 4.79 Å². The third kappa shape index (κ3) is 3.04. The zero-order chi connectivity index (χ0) is 18.3. The second-order valence-corrected chi connectivity index (χ2v) is 8.37. The Kier molecular flexibility index (Phi) is 4.77. The van der Waals surface area contributed by atoms with E-state index in [0.717, 1.165) is 34.3 Å². The molecule has 3 aromatic rings. The summed E-state index contributed by atoms with van der Waals surface area (Å²) < 4.78 is 2.14. The van der Waals surface area contributed by atoms with Crippen molar-refractivity contribution in [3.05, 3.63) is 47.2 Å². The van der Waals surface area contributed by atoms with Crippen LogP contribution in [0.3, 0.4) is 0 Å². The molecule has 1 fully saturated rings. The van der Waals surface area contributed by atoms with Crippen molar-refractivity contribution in [1.82, 2.24) is 14.3 Å². The van der Waals surface area contributed by atoms with Gasteiger partial charge in [0.25, 0.3) is 0 Å². The van der Waals surface area contributed by atoms with Gasteiger partial charge in [-0.2, -0.15) is 0 Å². The first-order valence-electron chi connectivity index (χ1n) is 8.67. The SMILES string of the molecule is CSc1ccccc1N1C(=O)CN(Cc2c(C)nc3sccn23)CC1C. The first-order chi connectivity index (χ1) is 12.6. The Hall–Kier alpha value is -1.83. The maximum Gasteiger partial charge on any atom is 0.241 e. The van der Waals surface area contributed by atoms with E-state index in [0.29, 0.717) is 6.54 Å². The summed E-state index contributed by atoms with van der Waals surface area (Å²) in [5.41, 5.74) is 3.25. The van der Waals surface area contributed by atoms with Crippen molar-refractivity contribution in [1.29, 1.82) is 0 Å². The van der Waals surface area contributed by atoms with Crippen molar-refractivity contribution in [2.75, 3.05) is 24.2 Å². The lowest BCUT2D eigenvalue weighted by Gasteiger charge is -2.40. The number of para-hydroxylation sites is 1. The number of thioether (sulfide) groups is 1. The average molecular weight is 387 g/mol. The number of piperazine rings is 1. The van der Waals surface area contributed by atoms with Crippen molar-refractivity contribution in [2.45, 2.75) is 31.3 Å². The van der Waals surface area contributed by atoms with Gasteiger partial charge in [0.2, 0.25) is 5.91 Å². The number of fused-ring (bicyclic) bond motifs is 1. The van der Waals surface area contributed by atoms with Gasteiger partial charge in [0, 0.05) is 35.6 Å². The minimum atomic E-state index is 0.135. The van der Waals surface area contributed by atoms with E-state index in [1.807, 2.05) is 30.0 Å². The number of aryl methyl sites for hydroxylation is 1. The summed E-state index contributed by atoms with van der Waals surface area (Å²) in [6.07, 6.45) is 4.12. The predicted molar refractivity (Wildman–Crippen MR) is 108 cm³/mol. The molecule has 3 heterocycles. The molecule has 0 bridgehead atoms. The number of aromatic nitrogens is 2. The van der Waals surface area contributed by atoms with E-state index in [2.05, 4.69) is 45.1 Å². The van der Waals surface area contributed by atoms with Gasteiger partial charge >= 0.3 is 0 Å². The van der Waals surface area contributed by atoms with Crippen molar-refractivity contribution >= 4 is 39.7 Å². The Labute approximate surface area is 161 Å². The van der Waals surface area contributed by atoms with E-state index in [1.54, 1.807) is 23.1 Å². The fraction of sp³-hybridized carbons (Fsp3) is 0.368. The number of thiazole rings is 1. The van der Waals surface area contributed by atoms with Gasteiger partial charge in [0.15, 0.2) is 4.96 Å². The molecule has 1 atom stereocenters. The fourth-order valence-corrected chi connectivity index (χ4v) is 5.07. The van der Waals surface area contributed by atoms with Crippen LogP contribution < -0.4 is 4.90 Å². The van der Waals surface area contributed by atoms with Gasteiger partial charge in [0.05, 0.1) is 23.6 Å². The lowest BCUT2D eigenvalue weighted by atomic mass is 10.1. The summed E-state index contributed by atoms with van der Waals surface area (Å²) in [6, 6.07) is 8.29. The van der Waals surface area contributed by atoms with Gasteiger partial charge in [-0.3, -0.25) is 14.1 Å². The van der Waals surface area contributed by atoms with Gasteiger partial charge in [-0.1, -0.05) is 12.1 Å².